The quantitative estimate of drug-likeness (QED) is 0.606. The second kappa shape index (κ2) is 7.47. The summed E-state index contributed by atoms with van der Waals surface area (Å²) in [6, 6.07) is 6.24. The molecule has 1 aromatic carbocycles. The molecule has 27 heavy (non-hydrogen) atoms. The van der Waals surface area contributed by atoms with Crippen molar-refractivity contribution in [3.63, 3.8) is 0 Å². The summed E-state index contributed by atoms with van der Waals surface area (Å²) in [4.78, 5) is 26.3. The molecule has 9 nitrogen and oxygen atoms in total. The average molecular weight is 419 g/mol. The summed E-state index contributed by atoms with van der Waals surface area (Å²) in [6.45, 7) is 0. The summed E-state index contributed by atoms with van der Waals surface area (Å²) in [7, 11) is -3.26. The van der Waals surface area contributed by atoms with Crippen LogP contribution in [0, 0.1) is 0 Å². The standard InChI is InChI=1S/C16H21NO8S2/c1-17(2)11-7-5-10(6-8-11)12-13(15(18)24-3)26(20,21)9-27(22,23)14(12)16(19)25-4/h5-8,12-14H,9H2,1-4H3/t13-,14-/m0/s1. The van der Waals surface area contributed by atoms with Gasteiger partial charge in [-0.15, -0.1) is 0 Å². The highest BCUT2D eigenvalue weighted by Crippen LogP contribution is 2.39. The van der Waals surface area contributed by atoms with E-state index in [1.165, 1.54) is 12.1 Å². The normalized spacial score (nSPS) is 26.0. The number of hydrogen-bond donors (Lipinski definition) is 0. The highest BCUT2D eigenvalue weighted by molar-refractivity contribution is 8.10. The SMILES string of the molecule is COC(=O)[C@@H]1C(c2ccc(N(C)C)cc2)[C@@H](C(=O)OC)S(=O)(=O)CS1(=O)=O. The minimum absolute atomic E-state index is 0.207. The highest BCUT2D eigenvalue weighted by atomic mass is 32.3. The number of benzene rings is 1. The van der Waals surface area contributed by atoms with Crippen molar-refractivity contribution in [2.45, 2.75) is 16.4 Å². The fraction of sp³-hybridized carbons (Fsp3) is 0.500. The molecule has 11 heteroatoms. The third-order valence-electron chi connectivity index (χ3n) is 4.42. The molecule has 2 rings (SSSR count). The van der Waals surface area contributed by atoms with Crippen LogP contribution in [-0.4, -0.2) is 72.7 Å². The second-order valence-corrected chi connectivity index (χ2v) is 11.0. The molecule has 0 aliphatic carbocycles. The minimum Gasteiger partial charge on any atom is -0.468 e. The number of esters is 2. The minimum atomic E-state index is -4.42. The number of methoxy groups -OCH3 is 2. The molecule has 1 fully saturated rings. The van der Waals surface area contributed by atoms with E-state index >= 15 is 0 Å². The van der Waals surface area contributed by atoms with Crippen LogP contribution in [0.5, 0.6) is 0 Å². The number of rotatable bonds is 4. The van der Waals surface area contributed by atoms with Gasteiger partial charge in [-0.05, 0) is 17.7 Å². The molecule has 1 aliphatic rings. The molecule has 1 aromatic rings. The summed E-state index contributed by atoms with van der Waals surface area (Å²) in [5.41, 5.74) is 0.975. The van der Waals surface area contributed by atoms with Gasteiger partial charge in [-0.25, -0.2) is 16.8 Å². The molecule has 0 unspecified atom stereocenters. The van der Waals surface area contributed by atoms with Crippen LogP contribution in [0.4, 0.5) is 5.69 Å². The topological polar surface area (TPSA) is 124 Å². The molecule has 0 radical (unpaired) electrons. The molecule has 2 atom stereocenters. The van der Waals surface area contributed by atoms with E-state index in [0.717, 1.165) is 19.9 Å². The largest absolute Gasteiger partial charge is 0.468 e. The second-order valence-electron chi connectivity index (χ2n) is 6.34. The van der Waals surface area contributed by atoms with Crippen molar-refractivity contribution in [2.75, 3.05) is 38.3 Å². The zero-order valence-electron chi connectivity index (χ0n) is 15.3. The summed E-state index contributed by atoms with van der Waals surface area (Å²) in [5, 5.41) is -4.99. The lowest BCUT2D eigenvalue weighted by atomic mass is 9.91. The molecular formula is C16H21NO8S2. The first kappa shape index (κ1) is 21.2. The summed E-state index contributed by atoms with van der Waals surface area (Å²) in [5.74, 6) is -3.73. The molecule has 0 spiro atoms. The lowest BCUT2D eigenvalue weighted by Crippen LogP contribution is -2.55. The maximum absolute atomic E-state index is 12.6. The summed E-state index contributed by atoms with van der Waals surface area (Å²) in [6.07, 6.45) is 0. The van der Waals surface area contributed by atoms with E-state index in [1.807, 2.05) is 0 Å². The molecule has 0 saturated carbocycles. The lowest BCUT2D eigenvalue weighted by molar-refractivity contribution is -0.142. The maximum atomic E-state index is 12.6. The average Bonchev–Trinajstić information content (AvgIpc) is 2.58. The third kappa shape index (κ3) is 3.93. The number of nitrogens with zero attached hydrogens (tertiary/aromatic N) is 1. The van der Waals surface area contributed by atoms with Crippen LogP contribution in [0.3, 0.4) is 0 Å². The number of hydrogen-bond acceptors (Lipinski definition) is 9. The first-order valence-corrected chi connectivity index (χ1v) is 11.3. The van der Waals surface area contributed by atoms with Gasteiger partial charge in [0.05, 0.1) is 14.2 Å². The number of ether oxygens (including phenoxy) is 2. The predicted molar refractivity (Wildman–Crippen MR) is 97.8 cm³/mol. The van der Waals surface area contributed by atoms with Crippen molar-refractivity contribution < 1.29 is 35.9 Å². The summed E-state index contributed by atoms with van der Waals surface area (Å²) < 4.78 is 59.5. The molecule has 1 heterocycles. The monoisotopic (exact) mass is 419 g/mol. The Bertz CT molecular complexity index is 883. The zero-order chi connectivity index (χ0) is 20.6. The Morgan fingerprint density at radius 3 is 1.63 bits per heavy atom. The first-order valence-electron chi connectivity index (χ1n) is 7.82. The predicted octanol–water partition coefficient (Wildman–Crippen LogP) is -0.280. The summed E-state index contributed by atoms with van der Waals surface area (Å²) >= 11 is 0. The zero-order valence-corrected chi connectivity index (χ0v) is 16.9. The van der Waals surface area contributed by atoms with Crippen LogP contribution >= 0.6 is 0 Å². The van der Waals surface area contributed by atoms with Gasteiger partial charge in [0.15, 0.2) is 35.3 Å². The number of carbonyl (C=O) groups excluding carboxylic acids is 2. The lowest BCUT2D eigenvalue weighted by Gasteiger charge is -2.34. The van der Waals surface area contributed by atoms with E-state index in [9.17, 15) is 26.4 Å². The van der Waals surface area contributed by atoms with E-state index in [-0.39, 0.29) is 5.56 Å². The van der Waals surface area contributed by atoms with Crippen LogP contribution < -0.4 is 4.90 Å². The molecular weight excluding hydrogens is 398 g/mol. The van der Waals surface area contributed by atoms with E-state index in [1.54, 1.807) is 31.1 Å². The van der Waals surface area contributed by atoms with Gasteiger partial charge < -0.3 is 14.4 Å². The fourth-order valence-corrected chi connectivity index (χ4v) is 8.55. The van der Waals surface area contributed by atoms with Crippen molar-refractivity contribution in [3.05, 3.63) is 29.8 Å². The van der Waals surface area contributed by atoms with Crippen molar-refractivity contribution >= 4 is 37.3 Å². The van der Waals surface area contributed by atoms with E-state index in [4.69, 9.17) is 0 Å². The van der Waals surface area contributed by atoms with Gasteiger partial charge in [0, 0.05) is 25.7 Å². The van der Waals surface area contributed by atoms with Gasteiger partial charge in [-0.3, -0.25) is 9.59 Å². The van der Waals surface area contributed by atoms with E-state index in [0.29, 0.717) is 0 Å². The van der Waals surface area contributed by atoms with Crippen LogP contribution in [0.2, 0.25) is 0 Å². The van der Waals surface area contributed by atoms with Crippen LogP contribution in [0.25, 0.3) is 0 Å². The Kier molecular flexibility index (Phi) is 5.85. The number of anilines is 1. The van der Waals surface area contributed by atoms with Crippen molar-refractivity contribution in [2.24, 2.45) is 0 Å². The van der Waals surface area contributed by atoms with E-state index in [2.05, 4.69) is 9.47 Å². The highest BCUT2D eigenvalue weighted by Gasteiger charge is 2.58. The Hall–Kier alpha value is -2.14. The molecule has 1 saturated heterocycles. The smallest absolute Gasteiger partial charge is 0.324 e. The van der Waals surface area contributed by atoms with Crippen LogP contribution in [0.15, 0.2) is 24.3 Å². The van der Waals surface area contributed by atoms with Crippen molar-refractivity contribution in [3.8, 4) is 0 Å². The van der Waals surface area contributed by atoms with Gasteiger partial charge in [0.25, 0.3) is 0 Å². The third-order valence-corrected chi connectivity index (χ3v) is 9.56. The number of carbonyl (C=O) groups is 2. The van der Waals surface area contributed by atoms with Gasteiger partial charge in [0.2, 0.25) is 0 Å². The van der Waals surface area contributed by atoms with Gasteiger partial charge >= 0.3 is 11.9 Å². The van der Waals surface area contributed by atoms with Crippen molar-refractivity contribution in [1.29, 1.82) is 0 Å². The number of sulfone groups is 2. The molecule has 0 amide bonds. The van der Waals surface area contributed by atoms with Gasteiger partial charge in [-0.1, -0.05) is 12.1 Å². The molecule has 0 aromatic heterocycles. The van der Waals surface area contributed by atoms with Gasteiger partial charge in [0.1, 0.15) is 0 Å². The van der Waals surface area contributed by atoms with Crippen molar-refractivity contribution in [1.82, 2.24) is 0 Å². The fourth-order valence-electron chi connectivity index (χ4n) is 3.14. The van der Waals surface area contributed by atoms with Crippen LogP contribution in [-0.2, 0) is 38.7 Å². The van der Waals surface area contributed by atoms with E-state index < -0.39 is 53.1 Å². The Labute approximate surface area is 158 Å². The molecule has 0 bridgehead atoms. The molecule has 0 N–H and O–H groups in total. The molecule has 1 aliphatic heterocycles. The first-order chi connectivity index (χ1) is 12.5. The Morgan fingerprint density at radius 1 is 0.889 bits per heavy atom. The van der Waals surface area contributed by atoms with Gasteiger partial charge in [-0.2, -0.15) is 0 Å². The Balaban J connectivity index is 2.74. The molecule has 150 valence electrons. The maximum Gasteiger partial charge on any atom is 0.324 e. The Morgan fingerprint density at radius 2 is 1.30 bits per heavy atom. The van der Waals surface area contributed by atoms with Crippen LogP contribution in [0.1, 0.15) is 11.5 Å².